The van der Waals surface area contributed by atoms with Crippen LogP contribution in [0.3, 0.4) is 0 Å². The van der Waals surface area contributed by atoms with Crippen molar-refractivity contribution in [2.24, 2.45) is 0 Å². The molecule has 2 aliphatic rings. The molecule has 6 rings (SSSR count). The van der Waals surface area contributed by atoms with E-state index in [9.17, 15) is 0 Å². The second-order valence-corrected chi connectivity index (χ2v) is 8.99. The molecule has 1 aromatic heterocycles. The van der Waals surface area contributed by atoms with Crippen molar-refractivity contribution in [3.8, 4) is 11.5 Å². The minimum absolute atomic E-state index is 0.00241. The molecule has 8 nitrogen and oxygen atoms in total. The van der Waals surface area contributed by atoms with Gasteiger partial charge in [-0.15, -0.1) is 5.10 Å². The van der Waals surface area contributed by atoms with Gasteiger partial charge in [-0.2, -0.15) is 0 Å². The molecule has 1 atom stereocenters. The first-order valence-electron chi connectivity index (χ1n) is 12.0. The van der Waals surface area contributed by atoms with Crippen LogP contribution in [0.25, 0.3) is 0 Å². The quantitative estimate of drug-likeness (QED) is 0.412. The standard InChI is InChI=1S/C27H28N6O2/c1-3-7-21(8-4-1)19-33-27(28-29-30-33)26(23-9-5-2-6-10-23)32-15-13-31(14-16-32)18-22-11-12-24-25(17-22)35-20-34-24/h1-12,17,26H,13-16,18-20H2. The van der Waals surface area contributed by atoms with Crippen molar-refractivity contribution in [1.82, 2.24) is 30.0 Å². The van der Waals surface area contributed by atoms with Gasteiger partial charge < -0.3 is 9.47 Å². The predicted octanol–water partition coefficient (Wildman–Crippen LogP) is 3.36. The van der Waals surface area contributed by atoms with Gasteiger partial charge in [-0.05, 0) is 39.2 Å². The Labute approximate surface area is 204 Å². The van der Waals surface area contributed by atoms with Crippen molar-refractivity contribution >= 4 is 0 Å². The summed E-state index contributed by atoms with van der Waals surface area (Å²) in [5.41, 5.74) is 3.64. The van der Waals surface area contributed by atoms with Crippen LogP contribution in [-0.2, 0) is 13.1 Å². The molecule has 1 fully saturated rings. The van der Waals surface area contributed by atoms with E-state index in [0.717, 1.165) is 50.0 Å². The molecule has 0 spiro atoms. The second-order valence-electron chi connectivity index (χ2n) is 8.99. The SMILES string of the molecule is c1ccc(Cn2nnnc2C(c2ccccc2)N2CCN(Cc3ccc4c(c3)OCO4)CC2)cc1. The van der Waals surface area contributed by atoms with E-state index in [1.165, 1.54) is 16.7 Å². The number of hydrogen-bond acceptors (Lipinski definition) is 7. The van der Waals surface area contributed by atoms with Crippen LogP contribution in [0, 0.1) is 0 Å². The number of fused-ring (bicyclic) bond motifs is 1. The van der Waals surface area contributed by atoms with E-state index in [4.69, 9.17) is 9.47 Å². The van der Waals surface area contributed by atoms with Crippen LogP contribution in [0.4, 0.5) is 0 Å². The third-order valence-electron chi connectivity index (χ3n) is 6.71. The molecular formula is C27H28N6O2. The fourth-order valence-corrected chi connectivity index (χ4v) is 4.91. The normalized spacial score (nSPS) is 16.9. The lowest BCUT2D eigenvalue weighted by Gasteiger charge is -2.39. The Balaban J connectivity index is 1.19. The van der Waals surface area contributed by atoms with Gasteiger partial charge in [0.25, 0.3) is 0 Å². The molecule has 1 saturated heterocycles. The fourth-order valence-electron chi connectivity index (χ4n) is 4.91. The van der Waals surface area contributed by atoms with Crippen LogP contribution >= 0.6 is 0 Å². The molecular weight excluding hydrogens is 440 g/mol. The lowest BCUT2D eigenvalue weighted by Crippen LogP contribution is -2.48. The van der Waals surface area contributed by atoms with Crippen molar-refractivity contribution in [2.45, 2.75) is 19.1 Å². The van der Waals surface area contributed by atoms with Gasteiger partial charge in [0.15, 0.2) is 17.3 Å². The molecule has 178 valence electrons. The zero-order valence-corrected chi connectivity index (χ0v) is 19.5. The molecule has 0 saturated carbocycles. The number of tetrazole rings is 1. The fraction of sp³-hybridized carbons (Fsp3) is 0.296. The summed E-state index contributed by atoms with van der Waals surface area (Å²) in [7, 11) is 0. The molecule has 8 heteroatoms. The van der Waals surface area contributed by atoms with E-state index in [-0.39, 0.29) is 6.04 Å². The number of rotatable bonds is 7. The largest absolute Gasteiger partial charge is 0.454 e. The molecule has 2 aliphatic heterocycles. The minimum Gasteiger partial charge on any atom is -0.454 e. The summed E-state index contributed by atoms with van der Waals surface area (Å²) in [6.07, 6.45) is 0. The number of benzene rings is 3. The third kappa shape index (κ3) is 4.76. The van der Waals surface area contributed by atoms with Crippen molar-refractivity contribution in [1.29, 1.82) is 0 Å². The summed E-state index contributed by atoms with van der Waals surface area (Å²) in [5, 5.41) is 12.9. The number of hydrogen-bond donors (Lipinski definition) is 0. The van der Waals surface area contributed by atoms with Crippen LogP contribution in [0.2, 0.25) is 0 Å². The molecule has 35 heavy (non-hydrogen) atoms. The van der Waals surface area contributed by atoms with Crippen LogP contribution in [0.1, 0.15) is 28.6 Å². The van der Waals surface area contributed by atoms with Gasteiger partial charge in [-0.1, -0.05) is 66.7 Å². The van der Waals surface area contributed by atoms with Gasteiger partial charge in [0.1, 0.15) is 0 Å². The van der Waals surface area contributed by atoms with Crippen molar-refractivity contribution in [2.75, 3.05) is 33.0 Å². The molecule has 4 aromatic rings. The number of ether oxygens (including phenoxy) is 2. The van der Waals surface area contributed by atoms with Gasteiger partial charge >= 0.3 is 0 Å². The van der Waals surface area contributed by atoms with Gasteiger partial charge in [-0.25, -0.2) is 4.68 Å². The van der Waals surface area contributed by atoms with E-state index in [1.807, 2.05) is 28.9 Å². The first kappa shape index (κ1) is 21.8. The van der Waals surface area contributed by atoms with E-state index in [0.29, 0.717) is 13.3 Å². The number of aromatic nitrogens is 4. The molecule has 0 aliphatic carbocycles. The second kappa shape index (κ2) is 9.85. The van der Waals surface area contributed by atoms with E-state index in [2.05, 4.69) is 79.9 Å². The average Bonchev–Trinajstić information content (AvgIpc) is 3.56. The van der Waals surface area contributed by atoms with Gasteiger partial charge in [0, 0.05) is 32.7 Å². The van der Waals surface area contributed by atoms with Crippen LogP contribution in [0.5, 0.6) is 11.5 Å². The Kier molecular flexibility index (Phi) is 6.13. The van der Waals surface area contributed by atoms with E-state index >= 15 is 0 Å². The summed E-state index contributed by atoms with van der Waals surface area (Å²) in [4.78, 5) is 4.99. The summed E-state index contributed by atoms with van der Waals surface area (Å²) < 4.78 is 12.9. The highest BCUT2D eigenvalue weighted by molar-refractivity contribution is 5.44. The summed E-state index contributed by atoms with van der Waals surface area (Å²) >= 11 is 0. The van der Waals surface area contributed by atoms with Crippen LogP contribution in [-0.4, -0.2) is 63.0 Å². The van der Waals surface area contributed by atoms with Gasteiger partial charge in [0.2, 0.25) is 6.79 Å². The molecule has 3 heterocycles. The molecule has 0 bridgehead atoms. The van der Waals surface area contributed by atoms with Crippen LogP contribution in [0.15, 0.2) is 78.9 Å². The third-order valence-corrected chi connectivity index (χ3v) is 6.71. The minimum atomic E-state index is 0.00241. The lowest BCUT2D eigenvalue weighted by molar-refractivity contribution is 0.100. The summed E-state index contributed by atoms with van der Waals surface area (Å²) in [5.74, 6) is 2.55. The highest BCUT2D eigenvalue weighted by Gasteiger charge is 2.30. The topological polar surface area (TPSA) is 68.5 Å². The smallest absolute Gasteiger partial charge is 0.231 e. The van der Waals surface area contributed by atoms with Crippen LogP contribution < -0.4 is 9.47 Å². The maximum atomic E-state index is 5.55. The molecule has 3 aromatic carbocycles. The molecule has 1 unspecified atom stereocenters. The summed E-state index contributed by atoms with van der Waals surface area (Å²) in [6, 6.07) is 27.1. The Morgan fingerprint density at radius 2 is 1.49 bits per heavy atom. The molecule has 0 amide bonds. The van der Waals surface area contributed by atoms with Gasteiger partial charge in [-0.3, -0.25) is 9.80 Å². The Morgan fingerprint density at radius 3 is 2.29 bits per heavy atom. The van der Waals surface area contributed by atoms with E-state index < -0.39 is 0 Å². The first-order chi connectivity index (χ1) is 17.3. The number of nitrogens with zero attached hydrogens (tertiary/aromatic N) is 6. The monoisotopic (exact) mass is 468 g/mol. The Bertz CT molecular complexity index is 1260. The van der Waals surface area contributed by atoms with Crippen molar-refractivity contribution in [3.63, 3.8) is 0 Å². The molecule has 0 N–H and O–H groups in total. The maximum absolute atomic E-state index is 5.55. The lowest BCUT2D eigenvalue weighted by atomic mass is 10.0. The maximum Gasteiger partial charge on any atom is 0.231 e. The highest BCUT2D eigenvalue weighted by Crippen LogP contribution is 2.33. The Hall–Kier alpha value is -3.75. The highest BCUT2D eigenvalue weighted by atomic mass is 16.7. The Morgan fingerprint density at radius 1 is 0.743 bits per heavy atom. The van der Waals surface area contributed by atoms with Gasteiger partial charge in [0.05, 0.1) is 12.6 Å². The van der Waals surface area contributed by atoms with Crippen molar-refractivity contribution < 1.29 is 9.47 Å². The summed E-state index contributed by atoms with van der Waals surface area (Å²) in [6.45, 7) is 5.66. The first-order valence-corrected chi connectivity index (χ1v) is 12.0. The molecule has 0 radical (unpaired) electrons. The predicted molar refractivity (Wildman–Crippen MR) is 131 cm³/mol. The van der Waals surface area contributed by atoms with Crippen molar-refractivity contribution in [3.05, 3.63) is 101 Å². The zero-order chi connectivity index (χ0) is 23.5. The zero-order valence-electron chi connectivity index (χ0n) is 19.5. The van der Waals surface area contributed by atoms with E-state index in [1.54, 1.807) is 0 Å². The average molecular weight is 469 g/mol. The number of piperazine rings is 1.